The molecule has 0 aliphatic carbocycles. The summed E-state index contributed by atoms with van der Waals surface area (Å²) in [4.78, 5) is 52.8. The first kappa shape index (κ1) is 26.2. The summed E-state index contributed by atoms with van der Waals surface area (Å²) in [6.45, 7) is 0. The van der Waals surface area contributed by atoms with Gasteiger partial charge in [-0.15, -0.1) is 34.4 Å². The molecule has 3 aromatic rings. The average Bonchev–Trinajstić information content (AvgIpc) is 3.58. The quantitative estimate of drug-likeness (QED) is 0.147. The number of nitrogens with zero attached hydrogens (tertiary/aromatic N) is 4. The van der Waals surface area contributed by atoms with E-state index >= 15 is 0 Å². The third-order valence-electron chi connectivity index (χ3n) is 5.62. The van der Waals surface area contributed by atoms with Crippen LogP contribution in [0.2, 0.25) is 0 Å². The molecule has 0 unspecified atom stereocenters. The van der Waals surface area contributed by atoms with Gasteiger partial charge in [0.15, 0.2) is 15.2 Å². The number of fused-ring (bicyclic) bond motifs is 1. The highest BCUT2D eigenvalue weighted by Gasteiger charge is 2.54. The number of nitrogens with two attached hydrogens (primary N) is 1. The Labute approximate surface area is 233 Å². The summed E-state index contributed by atoms with van der Waals surface area (Å²) >= 11 is 5.44. The lowest BCUT2D eigenvalue weighted by Crippen LogP contribution is -2.71. The Morgan fingerprint density at radius 3 is 2.74 bits per heavy atom. The van der Waals surface area contributed by atoms with E-state index in [-0.39, 0.29) is 22.2 Å². The van der Waals surface area contributed by atoms with Crippen LogP contribution >= 0.6 is 46.2 Å². The molecule has 0 radical (unpaired) electrons. The van der Waals surface area contributed by atoms with Gasteiger partial charge in [-0.2, -0.15) is 0 Å². The fourth-order valence-corrected chi connectivity index (χ4v) is 7.78. The summed E-state index contributed by atoms with van der Waals surface area (Å²) in [7, 11) is 1.29. The Kier molecular flexibility index (Phi) is 7.69. The zero-order chi connectivity index (χ0) is 26.8. The predicted molar refractivity (Wildman–Crippen MR) is 148 cm³/mol. The van der Waals surface area contributed by atoms with E-state index in [0.29, 0.717) is 17.1 Å². The Bertz CT molecular complexity index is 1450. The van der Waals surface area contributed by atoms with Crippen LogP contribution in [0.25, 0.3) is 11.3 Å². The van der Waals surface area contributed by atoms with Gasteiger partial charge in [0.2, 0.25) is 0 Å². The van der Waals surface area contributed by atoms with Crippen LogP contribution in [0, 0.1) is 0 Å². The van der Waals surface area contributed by atoms with Crippen LogP contribution < -0.4 is 11.1 Å². The van der Waals surface area contributed by atoms with Crippen molar-refractivity contribution in [1.29, 1.82) is 0 Å². The summed E-state index contributed by atoms with van der Waals surface area (Å²) in [6, 6.07) is 8.88. The molecule has 0 bridgehead atoms. The van der Waals surface area contributed by atoms with Gasteiger partial charge in [0.05, 0.1) is 5.69 Å². The number of nitrogens with one attached hydrogen (secondary N) is 1. The molecule has 0 saturated carbocycles. The average molecular weight is 589 g/mol. The van der Waals surface area contributed by atoms with Crippen LogP contribution in [0.3, 0.4) is 0 Å². The first-order valence-electron chi connectivity index (χ1n) is 11.0. The smallest absolute Gasteiger partial charge is 0.352 e. The van der Waals surface area contributed by atoms with Crippen molar-refractivity contribution in [1.82, 2.24) is 20.2 Å². The SMILES string of the molecule is CO/N=C(\C(=O)N[C@@H]1C(=O)N2C(C(=O)O)=C(CSc3nc(-c4ccccc4)cs3)CS[C@H]12)c1csc(N)n1. The molecule has 196 valence electrons. The summed E-state index contributed by atoms with van der Waals surface area (Å²) in [5.74, 6) is -1.59. The maximum absolute atomic E-state index is 13.0. The van der Waals surface area contributed by atoms with Gasteiger partial charge >= 0.3 is 5.97 Å². The second kappa shape index (κ2) is 11.1. The van der Waals surface area contributed by atoms with Crippen molar-refractivity contribution in [3.05, 3.63) is 58.1 Å². The van der Waals surface area contributed by atoms with Crippen molar-refractivity contribution in [3.8, 4) is 11.3 Å². The highest BCUT2D eigenvalue weighted by molar-refractivity contribution is 8.01. The minimum Gasteiger partial charge on any atom is -0.477 e. The maximum Gasteiger partial charge on any atom is 0.352 e. The molecule has 2 atom stereocenters. The first-order chi connectivity index (χ1) is 18.4. The number of hydrogen-bond donors (Lipinski definition) is 3. The number of benzene rings is 1. The molecule has 2 aromatic heterocycles. The van der Waals surface area contributed by atoms with Crippen LogP contribution in [-0.2, 0) is 19.2 Å². The number of carboxylic acid groups (broad SMARTS) is 1. The third kappa shape index (κ3) is 5.14. The van der Waals surface area contributed by atoms with E-state index in [4.69, 9.17) is 10.6 Å². The second-order valence-corrected chi connectivity index (χ2v) is 12.0. The van der Waals surface area contributed by atoms with E-state index in [1.807, 2.05) is 35.7 Å². The van der Waals surface area contributed by atoms with E-state index in [1.54, 1.807) is 5.38 Å². The van der Waals surface area contributed by atoms with E-state index in [1.165, 1.54) is 46.9 Å². The number of aliphatic carboxylic acids is 1. The van der Waals surface area contributed by atoms with Crippen LogP contribution in [0.4, 0.5) is 5.13 Å². The highest BCUT2D eigenvalue weighted by Crippen LogP contribution is 2.42. The number of oxime groups is 1. The van der Waals surface area contributed by atoms with Crippen LogP contribution in [0.15, 0.2) is 61.9 Å². The van der Waals surface area contributed by atoms with Crippen molar-refractivity contribution in [2.24, 2.45) is 5.16 Å². The molecule has 1 saturated heterocycles. The number of thioether (sulfide) groups is 2. The van der Waals surface area contributed by atoms with Gasteiger partial charge in [0, 0.05) is 27.8 Å². The summed E-state index contributed by atoms with van der Waals surface area (Å²) in [6.07, 6.45) is 0. The molecule has 2 aliphatic rings. The number of hydrogen-bond acceptors (Lipinski definition) is 12. The number of amides is 2. The van der Waals surface area contributed by atoms with Crippen LogP contribution in [0.5, 0.6) is 0 Å². The fourth-order valence-electron chi connectivity index (χ4n) is 3.91. The Morgan fingerprint density at radius 1 is 1.26 bits per heavy atom. The zero-order valence-electron chi connectivity index (χ0n) is 19.7. The van der Waals surface area contributed by atoms with Crippen molar-refractivity contribution in [3.63, 3.8) is 0 Å². The summed E-state index contributed by atoms with van der Waals surface area (Å²) in [5, 5.41) is 19.5. The number of thiazole rings is 2. The van der Waals surface area contributed by atoms with Gasteiger partial charge in [-0.25, -0.2) is 14.8 Å². The lowest BCUT2D eigenvalue weighted by molar-refractivity contribution is -0.150. The maximum atomic E-state index is 13.0. The van der Waals surface area contributed by atoms with Crippen molar-refractivity contribution in [2.75, 3.05) is 24.3 Å². The second-order valence-electron chi connectivity index (χ2n) is 7.97. The number of anilines is 1. The van der Waals surface area contributed by atoms with Crippen molar-refractivity contribution >= 4 is 74.8 Å². The number of carbonyl (C=O) groups excluding carboxylic acids is 2. The molecule has 4 N–H and O–H groups in total. The molecule has 5 rings (SSSR count). The molecule has 38 heavy (non-hydrogen) atoms. The van der Waals surface area contributed by atoms with Gasteiger partial charge in [-0.1, -0.05) is 47.2 Å². The predicted octanol–water partition coefficient (Wildman–Crippen LogP) is 2.73. The van der Waals surface area contributed by atoms with Crippen LogP contribution in [0.1, 0.15) is 5.69 Å². The van der Waals surface area contributed by atoms with Crippen LogP contribution in [-0.4, -0.2) is 73.5 Å². The number of carboxylic acids is 1. The highest BCUT2D eigenvalue weighted by atomic mass is 32.2. The first-order valence-corrected chi connectivity index (χ1v) is 14.8. The normalized spacial score (nSPS) is 19.1. The molecule has 11 nitrogen and oxygen atoms in total. The molecule has 15 heteroatoms. The monoisotopic (exact) mass is 588 g/mol. The molecule has 1 aromatic carbocycles. The summed E-state index contributed by atoms with van der Waals surface area (Å²) < 4.78 is 0.806. The Morgan fingerprint density at radius 2 is 2.05 bits per heavy atom. The molecule has 0 spiro atoms. The van der Waals surface area contributed by atoms with E-state index in [0.717, 1.165) is 26.9 Å². The van der Waals surface area contributed by atoms with Gasteiger partial charge in [-0.3, -0.25) is 14.5 Å². The molecule has 4 heterocycles. The number of rotatable bonds is 9. The van der Waals surface area contributed by atoms with E-state index in [2.05, 4.69) is 20.4 Å². The lowest BCUT2D eigenvalue weighted by atomic mass is 10.0. The topological polar surface area (TPSA) is 160 Å². The fraction of sp³-hybridized carbons (Fsp3) is 0.217. The molecular weight excluding hydrogens is 569 g/mol. The molecular formula is C23H20N6O5S4. The molecule has 2 amide bonds. The van der Waals surface area contributed by atoms with E-state index in [9.17, 15) is 19.5 Å². The minimum atomic E-state index is -1.19. The largest absolute Gasteiger partial charge is 0.477 e. The lowest BCUT2D eigenvalue weighted by Gasteiger charge is -2.49. The van der Waals surface area contributed by atoms with Gasteiger partial charge < -0.3 is 21.0 Å². The number of nitrogen functional groups attached to an aromatic ring is 1. The molecule has 2 aliphatic heterocycles. The van der Waals surface area contributed by atoms with Gasteiger partial charge in [0.1, 0.15) is 29.9 Å². The third-order valence-corrected chi connectivity index (χ3v) is 9.74. The summed E-state index contributed by atoms with van der Waals surface area (Å²) in [5.41, 5.74) is 8.19. The molecule has 1 fully saturated rings. The number of carbonyl (C=O) groups is 3. The standard InChI is InChI=1S/C23H20N6O5S4/c1-34-28-15(14-10-36-22(24)25-14)18(30)27-16-19(31)29-17(21(32)33)12(7-35-20(16)29)8-37-23-26-13(9-38-23)11-5-3-2-4-6-11/h2-6,9-10,16,20H,7-8H2,1H3,(H2,24,25)(H,27,30)(H,32,33)/b28-15-/t16-,20-/m1/s1. The van der Waals surface area contributed by atoms with Gasteiger partial charge in [-0.05, 0) is 5.57 Å². The zero-order valence-corrected chi connectivity index (χ0v) is 23.0. The van der Waals surface area contributed by atoms with Crippen molar-refractivity contribution < 1.29 is 24.3 Å². The number of aromatic nitrogens is 2. The Balaban J connectivity index is 1.28. The van der Waals surface area contributed by atoms with E-state index < -0.39 is 29.2 Å². The number of β-lactam (4-membered cyclic amide) rings is 1. The minimum absolute atomic E-state index is 0.0466. The Hall–Kier alpha value is -3.40. The van der Waals surface area contributed by atoms with Crippen molar-refractivity contribution in [2.45, 2.75) is 15.8 Å². The van der Waals surface area contributed by atoms with Gasteiger partial charge in [0.25, 0.3) is 11.8 Å².